The zero-order chi connectivity index (χ0) is 15.8. The minimum Gasteiger partial charge on any atom is -0.497 e. The van der Waals surface area contributed by atoms with E-state index in [1.807, 2.05) is 54.6 Å². The highest BCUT2D eigenvalue weighted by atomic mass is 16.5. The molecule has 0 atom stereocenters. The van der Waals surface area contributed by atoms with Gasteiger partial charge >= 0.3 is 0 Å². The molecule has 0 unspecified atom stereocenters. The molecular formula is C18H18N2O2. The molecule has 0 aliphatic carbocycles. The van der Waals surface area contributed by atoms with Crippen molar-refractivity contribution in [3.8, 4) is 11.8 Å². The average Bonchev–Trinajstić information content (AvgIpc) is 2.57. The molecule has 1 amide bonds. The third kappa shape index (κ3) is 4.10. The number of nitrogens with zero attached hydrogens (tertiary/aromatic N) is 2. The van der Waals surface area contributed by atoms with Crippen molar-refractivity contribution in [2.75, 3.05) is 18.6 Å². The third-order valence-electron chi connectivity index (χ3n) is 3.33. The molecule has 4 nitrogen and oxygen atoms in total. The van der Waals surface area contributed by atoms with Gasteiger partial charge in [0.15, 0.2) is 0 Å². The van der Waals surface area contributed by atoms with E-state index < -0.39 is 0 Å². The molecule has 2 aromatic rings. The second kappa shape index (κ2) is 7.84. The number of ether oxygens (including phenoxy) is 1. The zero-order valence-electron chi connectivity index (χ0n) is 12.5. The van der Waals surface area contributed by atoms with Crippen LogP contribution >= 0.6 is 0 Å². The quantitative estimate of drug-likeness (QED) is 0.822. The Bertz CT molecular complexity index is 645. The van der Waals surface area contributed by atoms with Crippen molar-refractivity contribution in [1.29, 1.82) is 5.26 Å². The molecule has 0 N–H and O–H groups in total. The Morgan fingerprint density at radius 2 is 1.82 bits per heavy atom. The number of carbonyl (C=O) groups is 1. The van der Waals surface area contributed by atoms with E-state index in [9.17, 15) is 4.79 Å². The SMILES string of the molecule is COc1ccc(CC(=O)N(CCC#N)c2ccccc2)cc1. The second-order valence-electron chi connectivity index (χ2n) is 4.81. The highest BCUT2D eigenvalue weighted by Gasteiger charge is 2.15. The van der Waals surface area contributed by atoms with Crippen LogP contribution in [-0.2, 0) is 11.2 Å². The fraction of sp³-hybridized carbons (Fsp3) is 0.222. The van der Waals surface area contributed by atoms with E-state index in [0.717, 1.165) is 17.0 Å². The molecule has 0 fully saturated rings. The largest absolute Gasteiger partial charge is 0.497 e. The van der Waals surface area contributed by atoms with Gasteiger partial charge in [-0.1, -0.05) is 30.3 Å². The van der Waals surface area contributed by atoms with E-state index in [-0.39, 0.29) is 5.91 Å². The predicted octanol–water partition coefficient (Wildman–Crippen LogP) is 3.18. The van der Waals surface area contributed by atoms with E-state index in [4.69, 9.17) is 10.00 Å². The van der Waals surface area contributed by atoms with Crippen molar-refractivity contribution in [2.24, 2.45) is 0 Å². The fourth-order valence-corrected chi connectivity index (χ4v) is 2.18. The number of carbonyl (C=O) groups excluding carboxylic acids is 1. The molecule has 4 heteroatoms. The monoisotopic (exact) mass is 294 g/mol. The molecule has 0 spiro atoms. The summed E-state index contributed by atoms with van der Waals surface area (Å²) >= 11 is 0. The molecule has 2 aromatic carbocycles. The lowest BCUT2D eigenvalue weighted by Crippen LogP contribution is -2.33. The van der Waals surface area contributed by atoms with Crippen LogP contribution < -0.4 is 9.64 Å². The molecule has 0 saturated heterocycles. The molecule has 0 bridgehead atoms. The van der Waals surface area contributed by atoms with Crippen molar-refractivity contribution in [3.63, 3.8) is 0 Å². The lowest BCUT2D eigenvalue weighted by molar-refractivity contribution is -0.118. The van der Waals surface area contributed by atoms with Crippen LogP contribution in [0.2, 0.25) is 0 Å². The molecule has 0 aromatic heterocycles. The Morgan fingerprint density at radius 1 is 1.14 bits per heavy atom. The van der Waals surface area contributed by atoms with Crippen molar-refractivity contribution in [2.45, 2.75) is 12.8 Å². The molecule has 112 valence electrons. The van der Waals surface area contributed by atoms with Gasteiger partial charge in [-0.3, -0.25) is 4.79 Å². The van der Waals surface area contributed by atoms with Gasteiger partial charge in [-0.25, -0.2) is 0 Å². The number of para-hydroxylation sites is 1. The Labute approximate surface area is 130 Å². The maximum Gasteiger partial charge on any atom is 0.231 e. The Kier molecular flexibility index (Phi) is 5.56. The molecule has 2 rings (SSSR count). The summed E-state index contributed by atoms with van der Waals surface area (Å²) in [7, 11) is 1.61. The first-order valence-electron chi connectivity index (χ1n) is 7.10. The van der Waals surface area contributed by atoms with E-state index >= 15 is 0 Å². The van der Waals surface area contributed by atoms with Gasteiger partial charge in [-0.2, -0.15) is 5.26 Å². The van der Waals surface area contributed by atoms with Gasteiger partial charge in [0.05, 0.1) is 26.0 Å². The topological polar surface area (TPSA) is 53.3 Å². The van der Waals surface area contributed by atoms with Gasteiger partial charge in [0.1, 0.15) is 5.75 Å². The van der Waals surface area contributed by atoms with Gasteiger partial charge in [0, 0.05) is 12.2 Å². The van der Waals surface area contributed by atoms with Crippen LogP contribution in [0.25, 0.3) is 0 Å². The number of nitriles is 1. The lowest BCUT2D eigenvalue weighted by Gasteiger charge is -2.22. The lowest BCUT2D eigenvalue weighted by atomic mass is 10.1. The van der Waals surface area contributed by atoms with Gasteiger partial charge in [0.25, 0.3) is 0 Å². The Balaban J connectivity index is 2.13. The van der Waals surface area contributed by atoms with E-state index in [1.54, 1.807) is 12.0 Å². The third-order valence-corrected chi connectivity index (χ3v) is 3.33. The highest BCUT2D eigenvalue weighted by molar-refractivity contribution is 5.94. The zero-order valence-corrected chi connectivity index (χ0v) is 12.5. The number of amides is 1. The Morgan fingerprint density at radius 3 is 2.41 bits per heavy atom. The summed E-state index contributed by atoms with van der Waals surface area (Å²) < 4.78 is 5.11. The molecular weight excluding hydrogens is 276 g/mol. The first kappa shape index (κ1) is 15.6. The molecule has 0 aliphatic rings. The van der Waals surface area contributed by atoms with Crippen LogP contribution in [0.5, 0.6) is 5.75 Å². The van der Waals surface area contributed by atoms with Gasteiger partial charge in [-0.15, -0.1) is 0 Å². The average molecular weight is 294 g/mol. The van der Waals surface area contributed by atoms with Crippen molar-refractivity contribution in [1.82, 2.24) is 0 Å². The van der Waals surface area contributed by atoms with Crippen LogP contribution in [0, 0.1) is 11.3 Å². The van der Waals surface area contributed by atoms with Crippen molar-refractivity contribution in [3.05, 3.63) is 60.2 Å². The maximum absolute atomic E-state index is 12.6. The van der Waals surface area contributed by atoms with Crippen LogP contribution in [0.3, 0.4) is 0 Å². The minimum absolute atomic E-state index is 0.0217. The van der Waals surface area contributed by atoms with Crippen LogP contribution in [-0.4, -0.2) is 19.6 Å². The number of rotatable bonds is 6. The van der Waals surface area contributed by atoms with Gasteiger partial charge in [0.2, 0.25) is 5.91 Å². The van der Waals surface area contributed by atoms with Crippen LogP contribution in [0.15, 0.2) is 54.6 Å². The Hall–Kier alpha value is -2.80. The van der Waals surface area contributed by atoms with Gasteiger partial charge < -0.3 is 9.64 Å². The summed E-state index contributed by atoms with van der Waals surface area (Å²) in [6.45, 7) is 0.398. The number of anilines is 1. The first-order chi connectivity index (χ1) is 10.7. The van der Waals surface area contributed by atoms with Crippen LogP contribution in [0.4, 0.5) is 5.69 Å². The number of methoxy groups -OCH3 is 1. The molecule has 0 saturated carbocycles. The minimum atomic E-state index is -0.0217. The number of hydrogen-bond acceptors (Lipinski definition) is 3. The predicted molar refractivity (Wildman–Crippen MR) is 85.7 cm³/mol. The maximum atomic E-state index is 12.6. The molecule has 0 radical (unpaired) electrons. The van der Waals surface area contributed by atoms with Crippen LogP contribution in [0.1, 0.15) is 12.0 Å². The number of hydrogen-bond donors (Lipinski definition) is 0. The van der Waals surface area contributed by atoms with E-state index in [0.29, 0.717) is 19.4 Å². The van der Waals surface area contributed by atoms with Crippen molar-refractivity contribution < 1.29 is 9.53 Å². The second-order valence-corrected chi connectivity index (χ2v) is 4.81. The summed E-state index contributed by atoms with van der Waals surface area (Å²) in [6, 6.07) is 19.0. The van der Waals surface area contributed by atoms with Crippen molar-refractivity contribution >= 4 is 11.6 Å². The molecule has 22 heavy (non-hydrogen) atoms. The van der Waals surface area contributed by atoms with Gasteiger partial charge in [-0.05, 0) is 29.8 Å². The molecule has 0 aliphatic heterocycles. The van der Waals surface area contributed by atoms with E-state index in [1.165, 1.54) is 0 Å². The molecule has 0 heterocycles. The summed E-state index contributed by atoms with van der Waals surface area (Å²) in [5.41, 5.74) is 1.74. The summed E-state index contributed by atoms with van der Waals surface area (Å²) in [4.78, 5) is 14.2. The number of benzene rings is 2. The normalized spacial score (nSPS) is 9.82. The summed E-state index contributed by atoms with van der Waals surface area (Å²) in [5, 5.41) is 8.79. The first-order valence-corrected chi connectivity index (χ1v) is 7.10. The van der Waals surface area contributed by atoms with E-state index in [2.05, 4.69) is 6.07 Å². The fourth-order valence-electron chi connectivity index (χ4n) is 2.18. The highest BCUT2D eigenvalue weighted by Crippen LogP contribution is 2.17. The summed E-state index contributed by atoms with van der Waals surface area (Å²) in [6.07, 6.45) is 0.605. The summed E-state index contributed by atoms with van der Waals surface area (Å²) in [5.74, 6) is 0.743. The smallest absolute Gasteiger partial charge is 0.231 e. The standard InChI is InChI=1S/C18H18N2O2/c1-22-17-10-8-15(9-11-17)14-18(21)20(13-5-12-19)16-6-3-2-4-7-16/h2-4,6-11H,5,13-14H2,1H3.